The molecule has 1 spiro atoms. The van der Waals surface area contributed by atoms with E-state index in [4.69, 9.17) is 9.47 Å². The predicted molar refractivity (Wildman–Crippen MR) is 127 cm³/mol. The zero-order chi connectivity index (χ0) is 22.9. The summed E-state index contributed by atoms with van der Waals surface area (Å²) in [6, 6.07) is 9.18. The molecule has 0 unspecified atom stereocenters. The van der Waals surface area contributed by atoms with Crippen LogP contribution in [0.15, 0.2) is 24.3 Å². The second kappa shape index (κ2) is 9.22. The van der Waals surface area contributed by atoms with E-state index < -0.39 is 5.60 Å². The van der Waals surface area contributed by atoms with E-state index in [2.05, 4.69) is 42.3 Å². The maximum atomic E-state index is 12.7. The van der Waals surface area contributed by atoms with Crippen LogP contribution < -0.4 is 10.1 Å². The Morgan fingerprint density at radius 2 is 1.94 bits per heavy atom. The molecule has 2 saturated heterocycles. The molecule has 6 nitrogen and oxygen atoms in total. The first kappa shape index (κ1) is 23.4. The van der Waals surface area contributed by atoms with Gasteiger partial charge in [-0.3, -0.25) is 0 Å². The first-order chi connectivity index (χ1) is 15.1. The van der Waals surface area contributed by atoms with Crippen molar-refractivity contribution in [3.63, 3.8) is 0 Å². The van der Waals surface area contributed by atoms with Gasteiger partial charge in [-0.05, 0) is 58.7 Å². The third-order valence-electron chi connectivity index (χ3n) is 6.81. The number of rotatable bonds is 4. The first-order valence-corrected chi connectivity index (χ1v) is 12.4. The van der Waals surface area contributed by atoms with E-state index in [0.29, 0.717) is 19.1 Å². The van der Waals surface area contributed by atoms with Crippen molar-refractivity contribution in [1.82, 2.24) is 15.1 Å². The van der Waals surface area contributed by atoms with Crippen LogP contribution in [-0.4, -0.2) is 65.9 Å². The van der Waals surface area contributed by atoms with Crippen LogP contribution in [0.1, 0.15) is 71.9 Å². The van der Waals surface area contributed by atoms with Gasteiger partial charge >= 0.3 is 6.09 Å². The Balaban J connectivity index is 1.43. The maximum Gasteiger partial charge on any atom is 0.410 e. The van der Waals surface area contributed by atoms with Crippen molar-refractivity contribution in [1.29, 1.82) is 0 Å². The number of carbonyl (C=O) groups is 1. The summed E-state index contributed by atoms with van der Waals surface area (Å²) in [6.45, 7) is 15.1. The highest BCUT2D eigenvalue weighted by Crippen LogP contribution is 2.44. The lowest BCUT2D eigenvalue weighted by Gasteiger charge is -2.42. The van der Waals surface area contributed by atoms with Crippen molar-refractivity contribution < 1.29 is 14.3 Å². The molecule has 3 heterocycles. The van der Waals surface area contributed by atoms with E-state index >= 15 is 0 Å². The third kappa shape index (κ3) is 5.57. The zero-order valence-electron chi connectivity index (χ0n) is 20.5. The Morgan fingerprint density at radius 1 is 1.22 bits per heavy atom. The Morgan fingerprint density at radius 3 is 2.62 bits per heavy atom. The average molecular weight is 444 g/mol. The van der Waals surface area contributed by atoms with E-state index in [1.165, 1.54) is 24.9 Å². The maximum absolute atomic E-state index is 12.7. The summed E-state index contributed by atoms with van der Waals surface area (Å²) >= 11 is 0. The highest BCUT2D eigenvalue weighted by molar-refractivity contribution is 5.68. The van der Waals surface area contributed by atoms with E-state index in [9.17, 15) is 4.79 Å². The van der Waals surface area contributed by atoms with Crippen molar-refractivity contribution in [2.24, 2.45) is 5.92 Å². The zero-order valence-corrected chi connectivity index (χ0v) is 20.5. The topological polar surface area (TPSA) is 54.0 Å². The number of carbonyl (C=O) groups excluding carboxylic acids is 1. The molecule has 1 aromatic carbocycles. The molecule has 32 heavy (non-hydrogen) atoms. The first-order valence-electron chi connectivity index (χ1n) is 12.4. The van der Waals surface area contributed by atoms with Gasteiger partial charge in [-0.2, -0.15) is 0 Å². The summed E-state index contributed by atoms with van der Waals surface area (Å²) in [6.07, 6.45) is 3.85. The van der Waals surface area contributed by atoms with Gasteiger partial charge in [0.1, 0.15) is 17.0 Å². The van der Waals surface area contributed by atoms with Crippen LogP contribution in [0.3, 0.4) is 0 Å². The Bertz CT molecular complexity index is 798. The number of para-hydroxylation sites is 1. The number of piperidine rings is 1. The molecule has 2 fully saturated rings. The molecule has 4 rings (SSSR count). The van der Waals surface area contributed by atoms with Gasteiger partial charge in [0.05, 0.1) is 6.54 Å². The number of fused-ring (bicyclic) bond motifs is 1. The third-order valence-corrected chi connectivity index (χ3v) is 6.81. The fourth-order valence-electron chi connectivity index (χ4n) is 5.43. The minimum absolute atomic E-state index is 0.237. The summed E-state index contributed by atoms with van der Waals surface area (Å²) in [4.78, 5) is 17.1. The lowest BCUT2D eigenvalue weighted by Crippen LogP contribution is -2.50. The summed E-state index contributed by atoms with van der Waals surface area (Å²) in [5.41, 5.74) is 0.418. The standard InChI is InChI=1S/C26H41N3O3/c1-19(2)17-28-13-10-20(11-14-28)27-22-16-26(31-23-9-7-6-8-21(22)23)12-15-29(18-26)24(30)32-25(3,4)5/h6-9,19-20,22,27H,10-18H2,1-5H3/t22-,26-/m1/s1. The Hall–Kier alpha value is -1.79. The SMILES string of the molecule is CC(C)CN1CCC(N[C@@H]2C[C@@]3(CCN(C(=O)OC(C)(C)C)C3)Oc3ccccc32)CC1. The summed E-state index contributed by atoms with van der Waals surface area (Å²) in [7, 11) is 0. The molecule has 3 aliphatic heterocycles. The van der Waals surface area contributed by atoms with Crippen molar-refractivity contribution in [2.75, 3.05) is 32.7 Å². The average Bonchev–Trinajstić information content (AvgIpc) is 3.11. The predicted octanol–water partition coefficient (Wildman–Crippen LogP) is 4.60. The molecule has 2 atom stereocenters. The monoisotopic (exact) mass is 443 g/mol. The molecule has 6 heteroatoms. The fourth-order valence-corrected chi connectivity index (χ4v) is 5.43. The van der Waals surface area contributed by atoms with Crippen LogP contribution in [0.4, 0.5) is 4.79 Å². The number of hydrogen-bond acceptors (Lipinski definition) is 5. The second-order valence-corrected chi connectivity index (χ2v) is 11.4. The lowest BCUT2D eigenvalue weighted by molar-refractivity contribution is 0.0115. The normalized spacial score (nSPS) is 26.9. The molecule has 0 aliphatic carbocycles. The largest absolute Gasteiger partial charge is 0.485 e. The molecule has 3 aliphatic rings. The smallest absolute Gasteiger partial charge is 0.410 e. The van der Waals surface area contributed by atoms with Crippen LogP contribution in [0.25, 0.3) is 0 Å². The van der Waals surface area contributed by atoms with E-state index in [-0.39, 0.29) is 17.7 Å². The number of nitrogens with zero attached hydrogens (tertiary/aromatic N) is 2. The minimum Gasteiger partial charge on any atom is -0.485 e. The number of ether oxygens (including phenoxy) is 2. The molecule has 1 amide bonds. The highest BCUT2D eigenvalue weighted by Gasteiger charge is 2.48. The number of amides is 1. The van der Waals surface area contributed by atoms with Gasteiger partial charge in [-0.25, -0.2) is 4.79 Å². The van der Waals surface area contributed by atoms with Gasteiger partial charge in [-0.15, -0.1) is 0 Å². The van der Waals surface area contributed by atoms with Crippen LogP contribution in [0.2, 0.25) is 0 Å². The number of nitrogens with one attached hydrogen (secondary N) is 1. The number of likely N-dealkylation sites (tertiary alicyclic amines) is 2. The molecule has 0 aromatic heterocycles. The van der Waals surface area contributed by atoms with Crippen molar-refractivity contribution >= 4 is 6.09 Å². The van der Waals surface area contributed by atoms with Crippen LogP contribution in [0, 0.1) is 5.92 Å². The van der Waals surface area contributed by atoms with E-state index in [1.54, 1.807) is 0 Å². The fraction of sp³-hybridized carbons (Fsp3) is 0.731. The number of hydrogen-bond donors (Lipinski definition) is 1. The molecule has 0 radical (unpaired) electrons. The van der Waals surface area contributed by atoms with Gasteiger partial charge in [0.15, 0.2) is 0 Å². The van der Waals surface area contributed by atoms with Crippen molar-refractivity contribution in [3.05, 3.63) is 29.8 Å². The van der Waals surface area contributed by atoms with E-state index in [1.807, 2.05) is 31.7 Å². The molecule has 1 aromatic rings. The van der Waals surface area contributed by atoms with Gasteiger partial charge < -0.3 is 24.6 Å². The Labute approximate surface area is 193 Å². The molecule has 178 valence electrons. The molecular weight excluding hydrogens is 402 g/mol. The van der Waals surface area contributed by atoms with Crippen LogP contribution in [0.5, 0.6) is 5.75 Å². The molecular formula is C26H41N3O3. The van der Waals surface area contributed by atoms with Crippen molar-refractivity contribution in [2.45, 2.75) is 83.6 Å². The van der Waals surface area contributed by atoms with Gasteiger partial charge in [0, 0.05) is 43.6 Å². The van der Waals surface area contributed by atoms with Gasteiger partial charge in [-0.1, -0.05) is 32.0 Å². The summed E-state index contributed by atoms with van der Waals surface area (Å²) < 4.78 is 12.2. The molecule has 1 N–H and O–H groups in total. The van der Waals surface area contributed by atoms with E-state index in [0.717, 1.165) is 37.6 Å². The summed E-state index contributed by atoms with van der Waals surface area (Å²) in [5.74, 6) is 1.68. The van der Waals surface area contributed by atoms with Gasteiger partial charge in [0.2, 0.25) is 0 Å². The van der Waals surface area contributed by atoms with Gasteiger partial charge in [0.25, 0.3) is 0 Å². The Kier molecular flexibility index (Phi) is 6.73. The summed E-state index contributed by atoms with van der Waals surface area (Å²) in [5, 5.41) is 3.98. The second-order valence-electron chi connectivity index (χ2n) is 11.4. The highest BCUT2D eigenvalue weighted by atomic mass is 16.6. The minimum atomic E-state index is -0.485. The van der Waals surface area contributed by atoms with Crippen molar-refractivity contribution in [3.8, 4) is 5.75 Å². The number of benzene rings is 1. The molecule has 0 bridgehead atoms. The quantitative estimate of drug-likeness (QED) is 0.737. The van der Waals surface area contributed by atoms with Crippen LogP contribution >= 0.6 is 0 Å². The lowest BCUT2D eigenvalue weighted by atomic mass is 9.85. The van der Waals surface area contributed by atoms with Crippen LogP contribution in [-0.2, 0) is 4.74 Å². The molecule has 0 saturated carbocycles.